The van der Waals surface area contributed by atoms with Crippen LogP contribution in [0.1, 0.15) is 12.5 Å². The highest BCUT2D eigenvalue weighted by molar-refractivity contribution is 7.97. The standard InChI is InChI=1S/C12H18N2O3S/c1-3-9-4-5-10(11(8-9)18-13)17-7-6-14-12(15)16-2/h4-5,8H,3,6-7,13H2,1-2H3,(H,14,15). The first kappa shape index (κ1) is 14.7. The van der Waals surface area contributed by atoms with E-state index in [-0.39, 0.29) is 0 Å². The second-order valence-corrected chi connectivity index (χ2v) is 4.19. The molecule has 0 aliphatic heterocycles. The molecule has 0 aliphatic carbocycles. The number of carbonyl (C=O) groups excluding carboxylic acids is 1. The van der Waals surface area contributed by atoms with Crippen molar-refractivity contribution in [3.05, 3.63) is 23.8 Å². The molecule has 1 rings (SSSR count). The molecule has 0 aliphatic rings. The number of rotatable bonds is 6. The van der Waals surface area contributed by atoms with E-state index in [1.807, 2.05) is 18.2 Å². The molecular weight excluding hydrogens is 252 g/mol. The summed E-state index contributed by atoms with van der Waals surface area (Å²) in [5.74, 6) is 0.728. The van der Waals surface area contributed by atoms with E-state index < -0.39 is 6.09 Å². The van der Waals surface area contributed by atoms with Gasteiger partial charge in [0.15, 0.2) is 0 Å². The van der Waals surface area contributed by atoms with Crippen LogP contribution in [0.25, 0.3) is 0 Å². The summed E-state index contributed by atoms with van der Waals surface area (Å²) in [4.78, 5) is 11.7. The summed E-state index contributed by atoms with van der Waals surface area (Å²) < 4.78 is 10.00. The van der Waals surface area contributed by atoms with E-state index in [4.69, 9.17) is 9.88 Å². The fourth-order valence-corrected chi connectivity index (χ4v) is 1.83. The summed E-state index contributed by atoms with van der Waals surface area (Å²) in [6.07, 6.45) is 0.492. The van der Waals surface area contributed by atoms with Crippen molar-refractivity contribution in [2.45, 2.75) is 18.2 Å². The van der Waals surface area contributed by atoms with E-state index in [1.165, 1.54) is 12.7 Å². The number of nitrogens with two attached hydrogens (primary N) is 1. The number of carbonyl (C=O) groups is 1. The fraction of sp³-hybridized carbons (Fsp3) is 0.417. The number of alkyl carbamates (subject to hydrolysis) is 1. The van der Waals surface area contributed by atoms with Crippen LogP contribution in [-0.2, 0) is 11.2 Å². The Balaban J connectivity index is 2.49. The van der Waals surface area contributed by atoms with Crippen LogP contribution in [0.4, 0.5) is 4.79 Å². The Labute approximate surface area is 111 Å². The number of amides is 1. The van der Waals surface area contributed by atoms with Crippen LogP contribution >= 0.6 is 11.9 Å². The Kier molecular flexibility index (Phi) is 6.38. The maximum Gasteiger partial charge on any atom is 0.406 e. The Hall–Kier alpha value is -1.40. The van der Waals surface area contributed by atoms with Crippen LogP contribution < -0.4 is 15.2 Å². The van der Waals surface area contributed by atoms with Gasteiger partial charge in [0, 0.05) is 0 Å². The molecule has 0 aromatic heterocycles. The maximum atomic E-state index is 10.8. The predicted octanol–water partition coefficient (Wildman–Crippen LogP) is 1.95. The van der Waals surface area contributed by atoms with Gasteiger partial charge in [0.25, 0.3) is 0 Å². The summed E-state index contributed by atoms with van der Waals surface area (Å²) in [7, 11) is 1.32. The number of benzene rings is 1. The van der Waals surface area contributed by atoms with Gasteiger partial charge in [-0.05, 0) is 36.1 Å². The first-order valence-electron chi connectivity index (χ1n) is 5.65. The minimum atomic E-state index is -0.464. The van der Waals surface area contributed by atoms with Crippen molar-refractivity contribution in [1.29, 1.82) is 0 Å². The minimum absolute atomic E-state index is 0.369. The van der Waals surface area contributed by atoms with Crippen molar-refractivity contribution in [3.8, 4) is 5.75 Å². The topological polar surface area (TPSA) is 73.6 Å². The molecule has 0 atom stereocenters. The number of nitrogens with one attached hydrogen (secondary N) is 1. The summed E-state index contributed by atoms with van der Waals surface area (Å²) in [5.41, 5.74) is 1.21. The van der Waals surface area contributed by atoms with E-state index in [0.717, 1.165) is 29.0 Å². The monoisotopic (exact) mass is 270 g/mol. The highest BCUT2D eigenvalue weighted by Gasteiger charge is 2.05. The van der Waals surface area contributed by atoms with E-state index in [1.54, 1.807) is 0 Å². The van der Waals surface area contributed by atoms with Gasteiger partial charge in [-0.2, -0.15) is 0 Å². The van der Waals surface area contributed by atoms with Gasteiger partial charge >= 0.3 is 6.09 Å². The van der Waals surface area contributed by atoms with Crippen LogP contribution in [-0.4, -0.2) is 26.4 Å². The molecule has 100 valence electrons. The van der Waals surface area contributed by atoms with Crippen molar-refractivity contribution < 1.29 is 14.3 Å². The van der Waals surface area contributed by atoms with Crippen molar-refractivity contribution >= 4 is 18.0 Å². The minimum Gasteiger partial charge on any atom is -0.491 e. The molecule has 0 spiro atoms. The molecule has 0 heterocycles. The van der Waals surface area contributed by atoms with Crippen LogP contribution in [0.5, 0.6) is 5.75 Å². The molecule has 6 heteroatoms. The van der Waals surface area contributed by atoms with Gasteiger partial charge in [-0.1, -0.05) is 13.0 Å². The zero-order chi connectivity index (χ0) is 13.4. The molecule has 1 aromatic rings. The normalized spacial score (nSPS) is 9.94. The van der Waals surface area contributed by atoms with E-state index in [9.17, 15) is 4.79 Å². The van der Waals surface area contributed by atoms with Crippen LogP contribution in [0.3, 0.4) is 0 Å². The predicted molar refractivity (Wildman–Crippen MR) is 71.8 cm³/mol. The zero-order valence-corrected chi connectivity index (χ0v) is 11.4. The van der Waals surface area contributed by atoms with Gasteiger partial charge in [-0.3, -0.25) is 5.14 Å². The molecule has 0 fully saturated rings. The summed E-state index contributed by atoms with van der Waals surface area (Å²) in [5, 5.41) is 8.13. The van der Waals surface area contributed by atoms with Gasteiger partial charge in [-0.25, -0.2) is 4.79 Å². The van der Waals surface area contributed by atoms with Crippen molar-refractivity contribution in [1.82, 2.24) is 5.32 Å². The summed E-state index contributed by atoms with van der Waals surface area (Å²) >= 11 is 1.16. The molecule has 3 N–H and O–H groups in total. The zero-order valence-electron chi connectivity index (χ0n) is 10.6. The number of hydrogen-bond donors (Lipinski definition) is 2. The quantitative estimate of drug-likeness (QED) is 0.610. The van der Waals surface area contributed by atoms with Gasteiger partial charge in [0.2, 0.25) is 0 Å². The van der Waals surface area contributed by atoms with Crippen LogP contribution in [0.2, 0.25) is 0 Å². The van der Waals surface area contributed by atoms with Crippen molar-refractivity contribution in [2.24, 2.45) is 5.14 Å². The lowest BCUT2D eigenvalue weighted by Crippen LogP contribution is -2.27. The smallest absolute Gasteiger partial charge is 0.406 e. The Bertz CT molecular complexity index is 399. The lowest BCUT2D eigenvalue weighted by atomic mass is 10.2. The molecule has 0 radical (unpaired) electrons. The van der Waals surface area contributed by atoms with Gasteiger partial charge in [-0.15, -0.1) is 0 Å². The maximum absolute atomic E-state index is 10.8. The van der Waals surface area contributed by atoms with Crippen LogP contribution in [0, 0.1) is 0 Å². The second-order valence-electron chi connectivity index (χ2n) is 3.52. The highest BCUT2D eigenvalue weighted by atomic mass is 32.2. The average molecular weight is 270 g/mol. The van der Waals surface area contributed by atoms with E-state index in [2.05, 4.69) is 17.0 Å². The largest absolute Gasteiger partial charge is 0.491 e. The number of methoxy groups -OCH3 is 1. The molecule has 0 bridgehead atoms. The van der Waals surface area contributed by atoms with Gasteiger partial charge < -0.3 is 14.8 Å². The first-order valence-corrected chi connectivity index (χ1v) is 6.53. The number of aryl methyl sites for hydroxylation is 1. The molecule has 0 saturated heterocycles. The van der Waals surface area contributed by atoms with Crippen LogP contribution in [0.15, 0.2) is 23.1 Å². The number of ether oxygens (including phenoxy) is 2. The molecule has 5 nitrogen and oxygen atoms in total. The highest BCUT2D eigenvalue weighted by Crippen LogP contribution is 2.27. The third-order valence-electron chi connectivity index (χ3n) is 2.36. The van der Waals surface area contributed by atoms with Gasteiger partial charge in [0.1, 0.15) is 12.4 Å². The van der Waals surface area contributed by atoms with Gasteiger partial charge in [0.05, 0.1) is 18.6 Å². The molecule has 18 heavy (non-hydrogen) atoms. The lowest BCUT2D eigenvalue weighted by Gasteiger charge is -2.11. The Morgan fingerprint density at radius 3 is 2.89 bits per heavy atom. The fourth-order valence-electron chi connectivity index (χ4n) is 1.37. The molecule has 1 aromatic carbocycles. The van der Waals surface area contributed by atoms with Crippen molar-refractivity contribution in [3.63, 3.8) is 0 Å². The second kappa shape index (κ2) is 7.84. The summed E-state index contributed by atoms with van der Waals surface area (Å²) in [6.45, 7) is 2.84. The molecule has 0 unspecified atom stereocenters. The third kappa shape index (κ3) is 4.46. The molecular formula is C12H18N2O3S. The third-order valence-corrected chi connectivity index (χ3v) is 2.93. The molecule has 0 saturated carbocycles. The first-order chi connectivity index (χ1) is 8.71. The average Bonchev–Trinajstić information content (AvgIpc) is 2.43. The van der Waals surface area contributed by atoms with Crippen molar-refractivity contribution in [2.75, 3.05) is 20.3 Å². The molecule has 1 amide bonds. The van der Waals surface area contributed by atoms with E-state index >= 15 is 0 Å². The summed E-state index contributed by atoms with van der Waals surface area (Å²) in [6, 6.07) is 5.91. The van der Waals surface area contributed by atoms with E-state index in [0.29, 0.717) is 13.2 Å². The Morgan fingerprint density at radius 1 is 1.50 bits per heavy atom. The Morgan fingerprint density at radius 2 is 2.28 bits per heavy atom. The lowest BCUT2D eigenvalue weighted by molar-refractivity contribution is 0.168. The SMILES string of the molecule is CCc1ccc(OCCNC(=O)OC)c(SN)c1. The number of hydrogen-bond acceptors (Lipinski definition) is 5.